The van der Waals surface area contributed by atoms with Gasteiger partial charge in [-0.2, -0.15) is 10.4 Å². The number of rotatable bonds is 7. The molecule has 186 valence electrons. The maximum atomic E-state index is 11.3. The molecule has 8 heteroatoms. The summed E-state index contributed by atoms with van der Waals surface area (Å²) in [6.45, 7) is 3.26. The molecule has 1 saturated carbocycles. The van der Waals surface area contributed by atoms with Crippen molar-refractivity contribution in [2.45, 2.75) is 38.6 Å². The van der Waals surface area contributed by atoms with E-state index >= 15 is 0 Å². The van der Waals surface area contributed by atoms with E-state index in [1.54, 1.807) is 0 Å². The maximum Gasteiger partial charge on any atom is 0.254 e. The highest BCUT2D eigenvalue weighted by Gasteiger charge is 2.30. The van der Waals surface area contributed by atoms with E-state index in [0.717, 1.165) is 51.7 Å². The molecule has 1 aromatic heterocycles. The standard InChI is InChI=1S/C20H22N2.C8H10N4O2/c21-13-10-17-11-14-22(15-12-17)16-18-6-8-20(9-7-18)19-4-2-1-3-5-19;9-6(13)5-3-10-12-7(5)11-8(14)4-1-2-4/h1-9,17H,10-12,14-16H2;3-4H,1-2H2,(H2,9,13)(H2,10,11,12,14). The molecule has 0 radical (unpaired) electrons. The zero-order valence-electron chi connectivity index (χ0n) is 20.3. The van der Waals surface area contributed by atoms with Gasteiger partial charge in [-0.1, -0.05) is 54.6 Å². The van der Waals surface area contributed by atoms with E-state index in [-0.39, 0.29) is 23.2 Å². The fourth-order valence-corrected chi connectivity index (χ4v) is 4.31. The Morgan fingerprint density at radius 2 is 1.69 bits per heavy atom. The Bertz CT molecular complexity index is 1190. The van der Waals surface area contributed by atoms with Gasteiger partial charge in [-0.3, -0.25) is 19.6 Å². The van der Waals surface area contributed by atoms with E-state index < -0.39 is 5.91 Å². The molecular weight excluding hydrogens is 452 g/mol. The monoisotopic (exact) mass is 484 g/mol. The number of nitrogens with zero attached hydrogens (tertiary/aromatic N) is 3. The van der Waals surface area contributed by atoms with Crippen LogP contribution in [0.4, 0.5) is 5.82 Å². The molecule has 0 spiro atoms. The lowest BCUT2D eigenvalue weighted by molar-refractivity contribution is -0.117. The number of hydrogen-bond acceptors (Lipinski definition) is 5. The summed E-state index contributed by atoms with van der Waals surface area (Å²) in [5, 5.41) is 17.5. The van der Waals surface area contributed by atoms with Gasteiger partial charge in [0.1, 0.15) is 11.4 Å². The van der Waals surface area contributed by atoms with Crippen LogP contribution in [-0.2, 0) is 11.3 Å². The number of piperidine rings is 1. The maximum absolute atomic E-state index is 11.3. The van der Waals surface area contributed by atoms with Gasteiger partial charge in [-0.25, -0.2) is 0 Å². The Morgan fingerprint density at radius 3 is 2.31 bits per heavy atom. The van der Waals surface area contributed by atoms with E-state index in [0.29, 0.717) is 5.92 Å². The topological polar surface area (TPSA) is 128 Å². The number of nitrogens with two attached hydrogens (primary N) is 1. The summed E-state index contributed by atoms with van der Waals surface area (Å²) in [6, 6.07) is 21.7. The quantitative estimate of drug-likeness (QED) is 0.460. The van der Waals surface area contributed by atoms with Crippen molar-refractivity contribution in [3.05, 3.63) is 71.9 Å². The van der Waals surface area contributed by atoms with Crippen molar-refractivity contribution in [1.29, 1.82) is 5.26 Å². The normalized spacial score (nSPS) is 15.9. The number of anilines is 1. The molecule has 1 aliphatic carbocycles. The smallest absolute Gasteiger partial charge is 0.254 e. The van der Waals surface area contributed by atoms with Crippen molar-refractivity contribution < 1.29 is 9.59 Å². The van der Waals surface area contributed by atoms with Crippen molar-refractivity contribution in [2.75, 3.05) is 18.4 Å². The van der Waals surface area contributed by atoms with Crippen LogP contribution in [0.3, 0.4) is 0 Å². The van der Waals surface area contributed by atoms with Gasteiger partial charge in [0.2, 0.25) is 5.91 Å². The summed E-state index contributed by atoms with van der Waals surface area (Å²) in [5.41, 5.74) is 9.20. The van der Waals surface area contributed by atoms with Crippen molar-refractivity contribution >= 4 is 17.6 Å². The van der Waals surface area contributed by atoms with Crippen molar-refractivity contribution in [2.24, 2.45) is 17.6 Å². The van der Waals surface area contributed by atoms with Gasteiger partial charge in [-0.15, -0.1) is 0 Å². The minimum atomic E-state index is -0.607. The number of amides is 2. The molecule has 1 saturated heterocycles. The van der Waals surface area contributed by atoms with Crippen molar-refractivity contribution in [3.63, 3.8) is 0 Å². The lowest BCUT2D eigenvalue weighted by Gasteiger charge is -2.30. The number of benzene rings is 2. The lowest BCUT2D eigenvalue weighted by Crippen LogP contribution is -2.33. The third-order valence-corrected chi connectivity index (χ3v) is 6.66. The summed E-state index contributed by atoms with van der Waals surface area (Å²) >= 11 is 0. The molecule has 1 aliphatic heterocycles. The highest BCUT2D eigenvalue weighted by molar-refractivity contribution is 6.02. The molecule has 2 aliphatic rings. The second kappa shape index (κ2) is 12.1. The number of carbonyl (C=O) groups is 2. The Balaban J connectivity index is 0.000000187. The van der Waals surface area contributed by atoms with Crippen LogP contribution >= 0.6 is 0 Å². The van der Waals surface area contributed by atoms with Crippen LogP contribution in [0, 0.1) is 23.2 Å². The second-order valence-corrected chi connectivity index (χ2v) is 9.43. The number of hydrogen-bond donors (Lipinski definition) is 3. The first-order chi connectivity index (χ1) is 17.5. The molecule has 2 amide bonds. The molecule has 2 aromatic carbocycles. The van der Waals surface area contributed by atoms with Crippen LogP contribution < -0.4 is 11.1 Å². The van der Waals surface area contributed by atoms with Crippen LogP contribution in [0.1, 0.15) is 48.0 Å². The number of primary amides is 1. The van der Waals surface area contributed by atoms with Crippen LogP contribution in [0.5, 0.6) is 0 Å². The zero-order valence-corrected chi connectivity index (χ0v) is 20.3. The van der Waals surface area contributed by atoms with Crippen LogP contribution in [0.2, 0.25) is 0 Å². The van der Waals surface area contributed by atoms with Gasteiger partial charge < -0.3 is 11.1 Å². The predicted octanol–water partition coefficient (Wildman–Crippen LogP) is 4.34. The van der Waals surface area contributed by atoms with E-state index in [4.69, 9.17) is 11.0 Å². The molecule has 2 heterocycles. The van der Waals surface area contributed by atoms with Gasteiger partial charge in [-0.05, 0) is 61.4 Å². The molecule has 4 N–H and O–H groups in total. The third-order valence-electron chi connectivity index (χ3n) is 6.66. The molecule has 0 atom stereocenters. The molecule has 0 bridgehead atoms. The van der Waals surface area contributed by atoms with Gasteiger partial charge in [0.25, 0.3) is 5.91 Å². The zero-order chi connectivity index (χ0) is 25.3. The molecule has 0 unspecified atom stereocenters. The predicted molar refractivity (Wildman–Crippen MR) is 139 cm³/mol. The van der Waals surface area contributed by atoms with Crippen molar-refractivity contribution in [3.8, 4) is 17.2 Å². The van der Waals surface area contributed by atoms with Crippen molar-refractivity contribution in [1.82, 2.24) is 15.1 Å². The molecule has 3 aromatic rings. The van der Waals surface area contributed by atoms with E-state index in [1.807, 2.05) is 6.07 Å². The van der Waals surface area contributed by atoms with Crippen LogP contribution in [0.15, 0.2) is 60.8 Å². The van der Waals surface area contributed by atoms with Crippen LogP contribution in [-0.4, -0.2) is 40.0 Å². The van der Waals surface area contributed by atoms with Gasteiger partial charge >= 0.3 is 0 Å². The highest BCUT2D eigenvalue weighted by Crippen LogP contribution is 2.30. The fourth-order valence-electron chi connectivity index (χ4n) is 4.31. The van der Waals surface area contributed by atoms with E-state index in [1.165, 1.54) is 22.9 Å². The van der Waals surface area contributed by atoms with Crippen LogP contribution in [0.25, 0.3) is 11.1 Å². The number of aromatic nitrogens is 2. The number of nitrogens with one attached hydrogen (secondary N) is 2. The Kier molecular flexibility index (Phi) is 8.48. The largest absolute Gasteiger partial charge is 0.365 e. The summed E-state index contributed by atoms with van der Waals surface area (Å²) in [7, 11) is 0. The average molecular weight is 485 g/mol. The van der Waals surface area contributed by atoms with Gasteiger partial charge in [0.05, 0.1) is 12.3 Å². The van der Waals surface area contributed by atoms with Gasteiger partial charge in [0.15, 0.2) is 0 Å². The molecule has 8 nitrogen and oxygen atoms in total. The lowest BCUT2D eigenvalue weighted by atomic mass is 9.94. The Labute approximate surface area is 211 Å². The van der Waals surface area contributed by atoms with Gasteiger partial charge in [0, 0.05) is 18.9 Å². The average Bonchev–Trinajstić information content (AvgIpc) is 3.65. The molecule has 5 rings (SSSR count). The first-order valence-electron chi connectivity index (χ1n) is 12.4. The first-order valence-corrected chi connectivity index (χ1v) is 12.4. The van der Waals surface area contributed by atoms with E-state index in [2.05, 4.69) is 75.0 Å². The summed E-state index contributed by atoms with van der Waals surface area (Å²) in [5.74, 6) is 0.289. The molecule has 36 heavy (non-hydrogen) atoms. The second-order valence-electron chi connectivity index (χ2n) is 9.43. The Hall–Kier alpha value is -3.96. The fraction of sp³-hybridized carbons (Fsp3) is 0.357. The summed E-state index contributed by atoms with van der Waals surface area (Å²) < 4.78 is 0. The number of carbonyl (C=O) groups excluding carboxylic acids is 2. The number of likely N-dealkylation sites (tertiary alicyclic amines) is 1. The van der Waals surface area contributed by atoms with E-state index in [9.17, 15) is 9.59 Å². The number of nitriles is 1. The molecule has 2 fully saturated rings. The Morgan fingerprint density at radius 1 is 1.03 bits per heavy atom. The minimum Gasteiger partial charge on any atom is -0.365 e. The minimum absolute atomic E-state index is 0.0824. The highest BCUT2D eigenvalue weighted by atomic mass is 16.2. The SMILES string of the molecule is N#CCC1CCN(Cc2ccc(-c3ccccc3)cc2)CC1.NC(=O)c1cn[nH]c1NC(=O)C1CC1. The summed E-state index contributed by atoms with van der Waals surface area (Å²) in [4.78, 5) is 24.7. The number of aromatic amines is 1. The third kappa shape index (κ3) is 7.03. The number of H-pyrrole nitrogens is 1. The summed E-state index contributed by atoms with van der Waals surface area (Å²) in [6.07, 6.45) is 6.16. The molecular formula is C28H32N6O2. The first kappa shape index (κ1) is 25.1.